The van der Waals surface area contributed by atoms with E-state index in [0.29, 0.717) is 0 Å². The normalized spacial score (nSPS) is 13.7. The molecule has 0 unspecified atom stereocenters. The van der Waals surface area contributed by atoms with Crippen LogP contribution >= 0.6 is 0 Å². The average molecular weight is 693 g/mol. The Kier molecular flexibility index (Phi) is 7.26. The molecule has 0 fully saturated rings. The van der Waals surface area contributed by atoms with Crippen molar-refractivity contribution in [2.24, 2.45) is 0 Å². The van der Waals surface area contributed by atoms with Crippen molar-refractivity contribution in [3.8, 4) is 22.3 Å². The van der Waals surface area contributed by atoms with Gasteiger partial charge < -0.3 is 0 Å². The zero-order valence-corrected chi connectivity index (χ0v) is 31.1. The third-order valence-electron chi connectivity index (χ3n) is 12.1. The lowest BCUT2D eigenvalue weighted by atomic mass is 9.67. The van der Waals surface area contributed by atoms with Crippen molar-refractivity contribution >= 4 is 65.7 Å². The van der Waals surface area contributed by atoms with E-state index in [9.17, 15) is 4.79 Å². The molecule has 0 spiro atoms. The summed E-state index contributed by atoms with van der Waals surface area (Å²) in [4.78, 5) is 14.2. The molecular weight excluding hydrogens is 653 g/mol. The standard InChI is InChI=1S/C53H40O/c1-5-6-13-38-32(2)37-14-7-8-15-39(37)44-24-20-33(28-48(38)44)35-22-26-46-50(30-35)53(3,4)51-31-36(23-27-47(51)52(46)54)34-21-25-45-42-18-10-9-16-40(42)41-17-11-12-19-43(41)49(45)29-34/h6-31H,5H2,1-4H3. The first-order chi connectivity index (χ1) is 26.3. The Morgan fingerprint density at radius 1 is 0.463 bits per heavy atom. The van der Waals surface area contributed by atoms with Crippen LogP contribution in [0.15, 0.2) is 152 Å². The highest BCUT2D eigenvalue weighted by atomic mass is 16.1. The molecule has 9 aromatic carbocycles. The van der Waals surface area contributed by atoms with Crippen molar-refractivity contribution in [3.63, 3.8) is 0 Å². The van der Waals surface area contributed by atoms with Gasteiger partial charge in [0.1, 0.15) is 0 Å². The smallest absolute Gasteiger partial charge is 0.193 e. The molecule has 54 heavy (non-hydrogen) atoms. The number of hydrogen-bond donors (Lipinski definition) is 0. The summed E-state index contributed by atoms with van der Waals surface area (Å²) < 4.78 is 0. The molecular formula is C53H40O. The number of aryl methyl sites for hydroxylation is 1. The molecule has 258 valence electrons. The van der Waals surface area contributed by atoms with E-state index in [-0.39, 0.29) is 11.2 Å². The number of hydrogen-bond acceptors (Lipinski definition) is 1. The molecule has 10 rings (SSSR count). The van der Waals surface area contributed by atoms with Gasteiger partial charge in [-0.05, 0) is 136 Å². The van der Waals surface area contributed by atoms with E-state index in [2.05, 4.69) is 185 Å². The van der Waals surface area contributed by atoms with Gasteiger partial charge in [0.05, 0.1) is 0 Å². The minimum atomic E-state index is -0.386. The summed E-state index contributed by atoms with van der Waals surface area (Å²) in [5.41, 5.74) is 10.5. The Morgan fingerprint density at radius 2 is 0.852 bits per heavy atom. The predicted molar refractivity (Wildman–Crippen MR) is 231 cm³/mol. The van der Waals surface area contributed by atoms with Gasteiger partial charge in [0, 0.05) is 16.5 Å². The fourth-order valence-corrected chi connectivity index (χ4v) is 9.28. The van der Waals surface area contributed by atoms with E-state index < -0.39 is 0 Å². The first kappa shape index (κ1) is 32.3. The van der Waals surface area contributed by atoms with E-state index in [1.165, 1.54) is 65.0 Å². The minimum Gasteiger partial charge on any atom is -0.289 e. The van der Waals surface area contributed by atoms with Gasteiger partial charge in [-0.1, -0.05) is 154 Å². The number of rotatable bonds is 4. The zero-order valence-electron chi connectivity index (χ0n) is 31.1. The first-order valence-electron chi connectivity index (χ1n) is 19.1. The van der Waals surface area contributed by atoms with Crippen molar-refractivity contribution in [1.82, 2.24) is 0 Å². The average Bonchev–Trinajstić information content (AvgIpc) is 3.22. The lowest BCUT2D eigenvalue weighted by Crippen LogP contribution is -2.30. The maximum atomic E-state index is 14.2. The summed E-state index contributed by atoms with van der Waals surface area (Å²) in [6.45, 7) is 8.97. The molecule has 1 aliphatic rings. The van der Waals surface area contributed by atoms with Crippen LogP contribution < -0.4 is 0 Å². The van der Waals surface area contributed by atoms with Gasteiger partial charge in [0.15, 0.2) is 5.78 Å². The Bertz CT molecular complexity index is 3050. The Balaban J connectivity index is 1.10. The molecule has 0 atom stereocenters. The second kappa shape index (κ2) is 12.1. The summed E-state index contributed by atoms with van der Waals surface area (Å²) >= 11 is 0. The number of carbonyl (C=O) groups excluding carboxylic acids is 1. The van der Waals surface area contributed by atoms with Gasteiger partial charge in [-0.25, -0.2) is 0 Å². The van der Waals surface area contributed by atoms with Crippen LogP contribution in [0.2, 0.25) is 0 Å². The molecule has 0 N–H and O–H groups in total. The molecule has 0 aliphatic heterocycles. The third-order valence-corrected chi connectivity index (χ3v) is 12.1. The third kappa shape index (κ3) is 4.74. The van der Waals surface area contributed by atoms with E-state index in [4.69, 9.17) is 0 Å². The number of ketones is 1. The predicted octanol–water partition coefficient (Wildman–Crippen LogP) is 14.4. The van der Waals surface area contributed by atoms with Crippen molar-refractivity contribution in [2.75, 3.05) is 0 Å². The fraction of sp³-hybridized carbons (Fsp3) is 0.113. The fourth-order valence-electron chi connectivity index (χ4n) is 9.28. The molecule has 1 heteroatoms. The summed E-state index contributed by atoms with van der Waals surface area (Å²) in [6.07, 6.45) is 5.53. The Labute approximate surface area is 316 Å². The highest BCUT2D eigenvalue weighted by Gasteiger charge is 2.37. The van der Waals surface area contributed by atoms with Crippen LogP contribution in [0.3, 0.4) is 0 Å². The number of allylic oxidation sites excluding steroid dienone is 1. The highest BCUT2D eigenvalue weighted by molar-refractivity contribution is 6.26. The minimum absolute atomic E-state index is 0.0981. The molecule has 9 aromatic rings. The van der Waals surface area contributed by atoms with Crippen molar-refractivity contribution in [1.29, 1.82) is 0 Å². The molecule has 0 aromatic heterocycles. The largest absolute Gasteiger partial charge is 0.289 e. The topological polar surface area (TPSA) is 17.1 Å². The van der Waals surface area contributed by atoms with Crippen LogP contribution in [-0.2, 0) is 5.41 Å². The Hall–Kier alpha value is -6.31. The van der Waals surface area contributed by atoms with Gasteiger partial charge in [0.25, 0.3) is 0 Å². The van der Waals surface area contributed by atoms with E-state index in [1.807, 2.05) is 0 Å². The molecule has 0 saturated heterocycles. The van der Waals surface area contributed by atoms with Crippen molar-refractivity contribution < 1.29 is 4.79 Å². The highest BCUT2D eigenvalue weighted by Crippen LogP contribution is 2.45. The summed E-state index contributed by atoms with van der Waals surface area (Å²) in [6, 6.07) is 52.8. The van der Waals surface area contributed by atoms with Crippen LogP contribution in [-0.4, -0.2) is 5.78 Å². The quantitative estimate of drug-likeness (QED) is 0.168. The molecule has 0 heterocycles. The number of fused-ring (bicyclic) bond motifs is 11. The molecule has 1 aliphatic carbocycles. The van der Waals surface area contributed by atoms with E-state index in [0.717, 1.165) is 50.9 Å². The van der Waals surface area contributed by atoms with Gasteiger partial charge in [0.2, 0.25) is 0 Å². The van der Waals surface area contributed by atoms with Crippen LogP contribution in [0.1, 0.15) is 65.4 Å². The molecule has 0 saturated carbocycles. The molecule has 0 bridgehead atoms. The lowest BCUT2D eigenvalue weighted by molar-refractivity contribution is 0.103. The Morgan fingerprint density at radius 3 is 1.37 bits per heavy atom. The monoisotopic (exact) mass is 692 g/mol. The van der Waals surface area contributed by atoms with Crippen LogP contribution in [0.5, 0.6) is 0 Å². The van der Waals surface area contributed by atoms with Gasteiger partial charge in [-0.3, -0.25) is 4.79 Å². The SMILES string of the molecule is CCC=Cc1c(C)c2ccccc2c2ccc(-c3ccc4c(c3)C(C)(C)c3cc(-c5ccc6c7ccccc7c7ccccc7c6c5)ccc3C4=O)cc12. The number of benzene rings is 9. The first-order valence-corrected chi connectivity index (χ1v) is 19.1. The van der Waals surface area contributed by atoms with Crippen molar-refractivity contribution in [3.05, 3.63) is 185 Å². The van der Waals surface area contributed by atoms with Crippen LogP contribution in [0.4, 0.5) is 0 Å². The second-order valence-corrected chi connectivity index (χ2v) is 15.5. The van der Waals surface area contributed by atoms with Gasteiger partial charge in [-0.2, -0.15) is 0 Å². The summed E-state index contributed by atoms with van der Waals surface area (Å²) in [7, 11) is 0. The maximum Gasteiger partial charge on any atom is 0.193 e. The van der Waals surface area contributed by atoms with E-state index in [1.54, 1.807) is 0 Å². The van der Waals surface area contributed by atoms with Gasteiger partial charge in [-0.15, -0.1) is 0 Å². The lowest BCUT2D eigenvalue weighted by Gasteiger charge is -2.35. The van der Waals surface area contributed by atoms with Gasteiger partial charge >= 0.3 is 0 Å². The molecule has 1 nitrogen and oxygen atoms in total. The van der Waals surface area contributed by atoms with Crippen LogP contribution in [0.25, 0.3) is 82.2 Å². The maximum absolute atomic E-state index is 14.2. The zero-order chi connectivity index (χ0) is 36.7. The second-order valence-electron chi connectivity index (χ2n) is 15.5. The van der Waals surface area contributed by atoms with Crippen molar-refractivity contribution in [2.45, 2.75) is 39.5 Å². The molecule has 0 amide bonds. The molecule has 0 radical (unpaired) electrons. The summed E-state index contributed by atoms with van der Waals surface area (Å²) in [5.74, 6) is 0.0981. The summed E-state index contributed by atoms with van der Waals surface area (Å²) in [5, 5.41) is 12.7. The van der Waals surface area contributed by atoms with E-state index >= 15 is 0 Å². The number of carbonyl (C=O) groups is 1. The van der Waals surface area contributed by atoms with Crippen LogP contribution in [0, 0.1) is 6.92 Å².